The van der Waals surface area contributed by atoms with E-state index in [1.54, 1.807) is 5.51 Å². The van der Waals surface area contributed by atoms with E-state index in [2.05, 4.69) is 15.2 Å². The molecule has 1 amide bonds. The second-order valence-corrected chi connectivity index (χ2v) is 6.10. The highest BCUT2D eigenvalue weighted by atomic mass is 32.1. The van der Waals surface area contributed by atoms with E-state index < -0.39 is 0 Å². The van der Waals surface area contributed by atoms with Crippen molar-refractivity contribution in [2.45, 2.75) is 19.4 Å². The Balaban J connectivity index is 1.58. The van der Waals surface area contributed by atoms with E-state index in [-0.39, 0.29) is 5.91 Å². The first-order valence-electron chi connectivity index (χ1n) is 6.90. The Labute approximate surface area is 117 Å². The molecule has 2 aliphatic rings. The lowest BCUT2D eigenvalue weighted by molar-refractivity contribution is 0.0587. The second kappa shape index (κ2) is 5.56. The van der Waals surface area contributed by atoms with E-state index in [9.17, 15) is 4.79 Å². The van der Waals surface area contributed by atoms with Crippen molar-refractivity contribution in [3.63, 3.8) is 0 Å². The molecule has 1 N–H and O–H groups in total. The summed E-state index contributed by atoms with van der Waals surface area (Å²) in [6.45, 7) is 7.81. The van der Waals surface area contributed by atoms with Crippen molar-refractivity contribution in [2.75, 3.05) is 39.3 Å². The molecule has 3 rings (SSSR count). The Bertz CT molecular complexity index is 447. The average molecular weight is 280 g/mol. The summed E-state index contributed by atoms with van der Waals surface area (Å²) < 4.78 is 0. The molecular weight excluding hydrogens is 260 g/mol. The summed E-state index contributed by atoms with van der Waals surface area (Å²) in [5, 5.41) is 3.40. The van der Waals surface area contributed by atoms with E-state index >= 15 is 0 Å². The lowest BCUT2D eigenvalue weighted by atomic mass is 10.2. The summed E-state index contributed by atoms with van der Waals surface area (Å²) >= 11 is 1.45. The van der Waals surface area contributed by atoms with Crippen molar-refractivity contribution in [2.24, 2.45) is 0 Å². The number of amides is 1. The molecule has 5 nitrogen and oxygen atoms in total. The van der Waals surface area contributed by atoms with Crippen molar-refractivity contribution in [1.82, 2.24) is 20.1 Å². The predicted octanol–water partition coefficient (Wildman–Crippen LogP) is 0.571. The molecule has 1 aromatic rings. The van der Waals surface area contributed by atoms with Crippen LogP contribution in [0, 0.1) is 6.92 Å². The van der Waals surface area contributed by atoms with Crippen molar-refractivity contribution in [3.05, 3.63) is 16.1 Å². The molecule has 0 spiro atoms. The van der Waals surface area contributed by atoms with Crippen LogP contribution in [-0.4, -0.2) is 66.0 Å². The molecule has 3 heterocycles. The first-order valence-corrected chi connectivity index (χ1v) is 7.78. The molecule has 0 saturated carbocycles. The fraction of sp³-hybridized carbons (Fsp3) is 0.692. The number of hydrogen-bond acceptors (Lipinski definition) is 5. The lowest BCUT2D eigenvalue weighted by Crippen LogP contribution is -2.52. The van der Waals surface area contributed by atoms with Crippen molar-refractivity contribution < 1.29 is 4.79 Å². The Kier molecular flexibility index (Phi) is 3.81. The number of aryl methyl sites for hydroxylation is 1. The third kappa shape index (κ3) is 2.66. The highest BCUT2D eigenvalue weighted by Crippen LogP contribution is 2.18. The number of aromatic nitrogens is 1. The molecule has 1 aromatic heterocycles. The van der Waals surface area contributed by atoms with Gasteiger partial charge in [0.25, 0.3) is 5.91 Å². The van der Waals surface area contributed by atoms with Gasteiger partial charge in [-0.15, -0.1) is 11.3 Å². The molecule has 6 heteroatoms. The standard InChI is InChI=1S/C13H20N4OS/c1-10-12(19-9-15-10)13(18)17-6-4-16(5-7-17)11-2-3-14-8-11/h9,11,14H,2-8H2,1H3. The molecule has 1 unspecified atom stereocenters. The second-order valence-electron chi connectivity index (χ2n) is 5.24. The quantitative estimate of drug-likeness (QED) is 0.860. The number of carbonyl (C=O) groups is 1. The number of thiazole rings is 1. The minimum atomic E-state index is 0.157. The van der Waals surface area contributed by atoms with Gasteiger partial charge in [0.1, 0.15) is 4.88 Å². The maximum Gasteiger partial charge on any atom is 0.265 e. The van der Waals surface area contributed by atoms with Gasteiger partial charge in [-0.2, -0.15) is 0 Å². The van der Waals surface area contributed by atoms with Gasteiger partial charge in [0.2, 0.25) is 0 Å². The fourth-order valence-electron chi connectivity index (χ4n) is 2.89. The van der Waals surface area contributed by atoms with Gasteiger partial charge in [-0.1, -0.05) is 0 Å². The maximum atomic E-state index is 12.4. The topological polar surface area (TPSA) is 48.5 Å². The van der Waals surface area contributed by atoms with Gasteiger partial charge in [-0.3, -0.25) is 9.69 Å². The maximum absolute atomic E-state index is 12.4. The van der Waals surface area contributed by atoms with E-state index in [1.807, 2.05) is 11.8 Å². The van der Waals surface area contributed by atoms with Gasteiger partial charge in [-0.25, -0.2) is 4.98 Å². The normalized spacial score (nSPS) is 24.9. The highest BCUT2D eigenvalue weighted by Gasteiger charge is 2.28. The van der Waals surface area contributed by atoms with Gasteiger partial charge in [0.05, 0.1) is 11.2 Å². The van der Waals surface area contributed by atoms with Crippen molar-refractivity contribution >= 4 is 17.2 Å². The molecule has 0 aliphatic carbocycles. The van der Waals surface area contributed by atoms with Crippen LogP contribution in [0.1, 0.15) is 21.8 Å². The van der Waals surface area contributed by atoms with Crippen molar-refractivity contribution in [1.29, 1.82) is 0 Å². The first-order chi connectivity index (χ1) is 9.25. The molecular formula is C13H20N4OS. The minimum absolute atomic E-state index is 0.157. The molecule has 2 saturated heterocycles. The van der Waals surface area contributed by atoms with Crippen LogP contribution in [-0.2, 0) is 0 Å². The van der Waals surface area contributed by atoms with Crippen LogP contribution in [0.15, 0.2) is 5.51 Å². The van der Waals surface area contributed by atoms with Gasteiger partial charge < -0.3 is 10.2 Å². The zero-order valence-corrected chi connectivity index (χ0v) is 12.1. The van der Waals surface area contributed by atoms with E-state index in [1.165, 1.54) is 17.8 Å². The van der Waals surface area contributed by atoms with Crippen LogP contribution in [0.25, 0.3) is 0 Å². The number of carbonyl (C=O) groups excluding carboxylic acids is 1. The molecule has 0 radical (unpaired) electrons. The van der Waals surface area contributed by atoms with Crippen LogP contribution in [0.4, 0.5) is 0 Å². The number of hydrogen-bond donors (Lipinski definition) is 1. The van der Waals surface area contributed by atoms with Gasteiger partial charge in [0, 0.05) is 38.8 Å². The Morgan fingerprint density at radius 3 is 2.79 bits per heavy atom. The molecule has 2 aliphatic heterocycles. The third-order valence-electron chi connectivity index (χ3n) is 4.09. The van der Waals surface area contributed by atoms with Crippen LogP contribution in [0.2, 0.25) is 0 Å². The smallest absolute Gasteiger partial charge is 0.265 e. The largest absolute Gasteiger partial charge is 0.335 e. The zero-order chi connectivity index (χ0) is 13.2. The summed E-state index contributed by atoms with van der Waals surface area (Å²) in [6, 6.07) is 0.669. The van der Waals surface area contributed by atoms with E-state index in [0.717, 1.165) is 49.8 Å². The Hall–Kier alpha value is -0.980. The van der Waals surface area contributed by atoms with Gasteiger partial charge in [0.15, 0.2) is 0 Å². The molecule has 0 aromatic carbocycles. The number of piperazine rings is 1. The molecule has 19 heavy (non-hydrogen) atoms. The summed E-state index contributed by atoms with van der Waals surface area (Å²) in [5.74, 6) is 0.157. The van der Waals surface area contributed by atoms with Crippen molar-refractivity contribution in [3.8, 4) is 0 Å². The molecule has 104 valence electrons. The number of nitrogens with one attached hydrogen (secondary N) is 1. The molecule has 1 atom stereocenters. The lowest BCUT2D eigenvalue weighted by Gasteiger charge is -2.37. The Morgan fingerprint density at radius 2 is 2.21 bits per heavy atom. The predicted molar refractivity (Wildman–Crippen MR) is 75.6 cm³/mol. The van der Waals surface area contributed by atoms with Crippen LogP contribution in [0.3, 0.4) is 0 Å². The zero-order valence-electron chi connectivity index (χ0n) is 11.3. The van der Waals surface area contributed by atoms with E-state index in [4.69, 9.17) is 0 Å². The minimum Gasteiger partial charge on any atom is -0.335 e. The highest BCUT2D eigenvalue weighted by molar-refractivity contribution is 7.11. The summed E-state index contributed by atoms with van der Waals surface area (Å²) in [5.41, 5.74) is 2.61. The monoisotopic (exact) mass is 280 g/mol. The number of rotatable bonds is 2. The van der Waals surface area contributed by atoms with Crippen LogP contribution >= 0.6 is 11.3 Å². The number of nitrogens with zero attached hydrogens (tertiary/aromatic N) is 3. The molecule has 2 fully saturated rings. The van der Waals surface area contributed by atoms with Gasteiger partial charge in [-0.05, 0) is 19.9 Å². The summed E-state index contributed by atoms with van der Waals surface area (Å²) in [6.07, 6.45) is 1.24. The van der Waals surface area contributed by atoms with Gasteiger partial charge >= 0.3 is 0 Å². The van der Waals surface area contributed by atoms with Crippen LogP contribution in [0.5, 0.6) is 0 Å². The Morgan fingerprint density at radius 1 is 1.42 bits per heavy atom. The first kappa shape index (κ1) is 13.0. The fourth-order valence-corrected chi connectivity index (χ4v) is 3.66. The summed E-state index contributed by atoms with van der Waals surface area (Å²) in [4.78, 5) is 21.8. The third-order valence-corrected chi connectivity index (χ3v) is 5.01. The van der Waals surface area contributed by atoms with Crippen LogP contribution < -0.4 is 5.32 Å². The average Bonchev–Trinajstić information content (AvgIpc) is 3.09. The molecule has 0 bridgehead atoms. The summed E-state index contributed by atoms with van der Waals surface area (Å²) in [7, 11) is 0. The SMILES string of the molecule is Cc1ncsc1C(=O)N1CCN(C2CCNC2)CC1. The van der Waals surface area contributed by atoms with E-state index in [0.29, 0.717) is 6.04 Å².